The molecule has 0 N–H and O–H groups in total. The maximum absolute atomic E-state index is 5.70. The summed E-state index contributed by atoms with van der Waals surface area (Å²) in [7, 11) is 0. The fourth-order valence-electron chi connectivity index (χ4n) is 10.3. The van der Waals surface area contributed by atoms with Gasteiger partial charge < -0.3 is 0 Å². The number of hydrogen-bond donors (Lipinski definition) is 0. The van der Waals surface area contributed by atoms with Crippen LogP contribution < -0.4 is 0 Å². The zero-order valence-electron chi connectivity index (χ0n) is 31.3. The van der Waals surface area contributed by atoms with Crippen molar-refractivity contribution in [3.05, 3.63) is 175 Å². The van der Waals surface area contributed by atoms with Gasteiger partial charge in [0.15, 0.2) is 0 Å². The van der Waals surface area contributed by atoms with Gasteiger partial charge in [0.1, 0.15) is 0 Å². The maximum atomic E-state index is 5.70. The van der Waals surface area contributed by atoms with Gasteiger partial charge in [0, 0.05) is 58.1 Å². The zero-order chi connectivity index (χ0) is 37.6. The van der Waals surface area contributed by atoms with E-state index in [2.05, 4.69) is 182 Å². The third-order valence-electron chi connectivity index (χ3n) is 12.7. The number of aromatic nitrogens is 3. The van der Waals surface area contributed by atoms with E-state index in [0.29, 0.717) is 5.95 Å². The van der Waals surface area contributed by atoms with Gasteiger partial charge >= 0.3 is 0 Å². The fraction of sp³-hybridized carbons (Fsp3) is 0.0566. The molecule has 13 rings (SSSR count). The Morgan fingerprint density at radius 3 is 2.04 bits per heavy atom. The number of fused-ring (bicyclic) bond motifs is 18. The summed E-state index contributed by atoms with van der Waals surface area (Å²) in [4.78, 5) is 11.3. The van der Waals surface area contributed by atoms with Crippen LogP contribution in [-0.2, 0) is 5.41 Å². The quantitative estimate of drug-likeness (QED) is 0.165. The number of benzene rings is 9. The molecule has 0 amide bonds. The van der Waals surface area contributed by atoms with Gasteiger partial charge in [-0.3, -0.25) is 4.57 Å². The second kappa shape index (κ2) is 11.1. The molecule has 4 heteroatoms. The molecule has 3 heterocycles. The number of rotatable bonds is 2. The summed E-state index contributed by atoms with van der Waals surface area (Å²) in [5.41, 5.74) is 10.4. The molecule has 0 saturated carbocycles. The summed E-state index contributed by atoms with van der Waals surface area (Å²) in [6, 6.07) is 60.1. The number of hydrogen-bond acceptors (Lipinski definition) is 3. The van der Waals surface area contributed by atoms with Crippen LogP contribution >= 0.6 is 11.3 Å². The highest BCUT2D eigenvalue weighted by Crippen LogP contribution is 2.55. The summed E-state index contributed by atoms with van der Waals surface area (Å²) in [6.07, 6.45) is 0. The average molecular weight is 744 g/mol. The van der Waals surface area contributed by atoms with Gasteiger partial charge in [-0.25, -0.2) is 9.97 Å². The van der Waals surface area contributed by atoms with Crippen LogP contribution in [0.25, 0.3) is 114 Å². The molecule has 0 radical (unpaired) electrons. The van der Waals surface area contributed by atoms with Crippen molar-refractivity contribution in [1.29, 1.82) is 0 Å². The van der Waals surface area contributed by atoms with Gasteiger partial charge in [-0.1, -0.05) is 147 Å². The molecule has 0 fully saturated rings. The molecular formula is C53H33N3S. The summed E-state index contributed by atoms with van der Waals surface area (Å²) in [5, 5.41) is 13.3. The van der Waals surface area contributed by atoms with Crippen LogP contribution in [0.4, 0.5) is 0 Å². The molecule has 1 aliphatic rings. The second-order valence-corrected chi connectivity index (χ2v) is 17.2. The first-order chi connectivity index (χ1) is 28.0. The molecular weight excluding hydrogens is 711 g/mol. The Balaban J connectivity index is 1.24. The lowest BCUT2D eigenvalue weighted by molar-refractivity contribution is 0.666. The van der Waals surface area contributed by atoms with Gasteiger partial charge in [0.05, 0.1) is 22.2 Å². The first-order valence-electron chi connectivity index (χ1n) is 19.7. The molecule has 9 aromatic carbocycles. The van der Waals surface area contributed by atoms with Crippen molar-refractivity contribution in [3.8, 4) is 28.3 Å². The molecule has 0 spiro atoms. The highest BCUT2D eigenvalue weighted by atomic mass is 32.1. The summed E-state index contributed by atoms with van der Waals surface area (Å²) in [5.74, 6) is 0.679. The Hall–Kier alpha value is -6.88. The molecule has 57 heavy (non-hydrogen) atoms. The van der Waals surface area contributed by atoms with Gasteiger partial charge in [0.2, 0.25) is 5.95 Å². The van der Waals surface area contributed by atoms with Crippen LogP contribution in [-0.4, -0.2) is 14.5 Å². The highest BCUT2D eigenvalue weighted by molar-refractivity contribution is 7.25. The van der Waals surface area contributed by atoms with E-state index in [9.17, 15) is 0 Å². The fourth-order valence-corrected chi connectivity index (χ4v) is 11.4. The minimum Gasteiger partial charge on any atom is -0.277 e. The molecule has 0 saturated heterocycles. The first kappa shape index (κ1) is 31.3. The lowest BCUT2D eigenvalue weighted by Crippen LogP contribution is -2.15. The molecule has 0 atom stereocenters. The molecule has 12 aromatic rings. The Morgan fingerprint density at radius 2 is 1.18 bits per heavy atom. The normalized spacial score (nSPS) is 13.6. The molecule has 0 aliphatic heterocycles. The molecule has 0 bridgehead atoms. The van der Waals surface area contributed by atoms with E-state index >= 15 is 0 Å². The smallest absolute Gasteiger partial charge is 0.235 e. The lowest BCUT2D eigenvalue weighted by atomic mass is 9.80. The lowest BCUT2D eigenvalue weighted by Gasteiger charge is -2.22. The summed E-state index contributed by atoms with van der Waals surface area (Å²) in [6.45, 7) is 4.79. The van der Waals surface area contributed by atoms with Crippen LogP contribution in [0.3, 0.4) is 0 Å². The SMILES string of the molecule is CC1(C)c2ccccc2-c2ccc3c(c21)c1c2ccccc2c2ccccc2c1n3-c1nc(-c2ccc3sc4ccccc4c3c2)c2ccc3ccccc3c2n1. The standard InChI is InChI=1S/C53H33N3S/c1-53(2)42-21-11-9-17-35(42)38-26-27-43-47(48(38)53)46-37-19-7-5-15-33(37)34-16-6-8-20-39(34)51(46)56(43)52-54-49(40-25-23-30-13-3-4-14-32(30)50(40)55-52)31-24-28-45-41(29-31)36-18-10-12-22-44(36)57-45/h3-29H,1-2H3. The van der Waals surface area contributed by atoms with E-state index in [1.807, 2.05) is 11.3 Å². The van der Waals surface area contributed by atoms with E-state index in [-0.39, 0.29) is 5.41 Å². The van der Waals surface area contributed by atoms with E-state index in [0.717, 1.165) is 44.0 Å². The summed E-state index contributed by atoms with van der Waals surface area (Å²) >= 11 is 1.85. The van der Waals surface area contributed by atoms with Gasteiger partial charge in [-0.15, -0.1) is 11.3 Å². The van der Waals surface area contributed by atoms with Crippen molar-refractivity contribution in [2.75, 3.05) is 0 Å². The second-order valence-electron chi connectivity index (χ2n) is 16.1. The zero-order valence-corrected chi connectivity index (χ0v) is 32.2. The van der Waals surface area contributed by atoms with Crippen molar-refractivity contribution in [3.63, 3.8) is 0 Å². The van der Waals surface area contributed by atoms with Crippen molar-refractivity contribution in [2.24, 2.45) is 0 Å². The third-order valence-corrected chi connectivity index (χ3v) is 13.9. The molecule has 0 unspecified atom stereocenters. The van der Waals surface area contributed by atoms with Crippen LogP contribution in [0.5, 0.6) is 0 Å². The van der Waals surface area contributed by atoms with Crippen molar-refractivity contribution in [2.45, 2.75) is 19.3 Å². The highest BCUT2D eigenvalue weighted by Gasteiger charge is 2.38. The number of thiophene rings is 1. The predicted octanol–water partition coefficient (Wildman–Crippen LogP) is 14.5. The van der Waals surface area contributed by atoms with Crippen molar-refractivity contribution in [1.82, 2.24) is 14.5 Å². The van der Waals surface area contributed by atoms with Gasteiger partial charge in [-0.05, 0) is 74.1 Å². The largest absolute Gasteiger partial charge is 0.277 e. The topological polar surface area (TPSA) is 30.7 Å². The Morgan fingerprint density at radius 1 is 0.491 bits per heavy atom. The molecule has 266 valence electrons. The first-order valence-corrected chi connectivity index (χ1v) is 20.5. The van der Waals surface area contributed by atoms with E-state index in [4.69, 9.17) is 9.97 Å². The minimum atomic E-state index is -0.221. The van der Waals surface area contributed by atoms with E-state index in [1.165, 1.54) is 74.7 Å². The average Bonchev–Trinajstić information content (AvgIpc) is 3.89. The van der Waals surface area contributed by atoms with Crippen LogP contribution in [0.15, 0.2) is 164 Å². The van der Waals surface area contributed by atoms with Crippen molar-refractivity contribution >= 4 is 96.5 Å². The Labute approximate surface area is 332 Å². The Bertz CT molecular complexity index is 3730. The van der Waals surface area contributed by atoms with Crippen LogP contribution in [0, 0.1) is 0 Å². The Kier molecular flexibility index (Phi) is 6.12. The third kappa shape index (κ3) is 4.10. The predicted molar refractivity (Wildman–Crippen MR) is 242 cm³/mol. The molecule has 1 aliphatic carbocycles. The molecule has 3 aromatic heterocycles. The summed E-state index contributed by atoms with van der Waals surface area (Å²) < 4.78 is 4.97. The van der Waals surface area contributed by atoms with Crippen LogP contribution in [0.2, 0.25) is 0 Å². The van der Waals surface area contributed by atoms with E-state index in [1.54, 1.807) is 0 Å². The van der Waals surface area contributed by atoms with Gasteiger partial charge in [-0.2, -0.15) is 0 Å². The minimum absolute atomic E-state index is 0.221. The van der Waals surface area contributed by atoms with Gasteiger partial charge in [0.25, 0.3) is 0 Å². The van der Waals surface area contributed by atoms with E-state index < -0.39 is 0 Å². The number of nitrogens with zero attached hydrogens (tertiary/aromatic N) is 3. The monoisotopic (exact) mass is 743 g/mol. The maximum Gasteiger partial charge on any atom is 0.235 e. The van der Waals surface area contributed by atoms with Crippen LogP contribution in [0.1, 0.15) is 25.0 Å². The molecule has 3 nitrogen and oxygen atoms in total. The van der Waals surface area contributed by atoms with Crippen molar-refractivity contribution < 1.29 is 0 Å².